The summed E-state index contributed by atoms with van der Waals surface area (Å²) in [5.74, 6) is 0. The second-order valence-electron chi connectivity index (χ2n) is 3.39. The number of nitrogens with zero attached hydrogens (tertiary/aromatic N) is 4. The van der Waals surface area contributed by atoms with Gasteiger partial charge in [0.15, 0.2) is 5.65 Å². The number of aryl methyl sites for hydroxylation is 1. The molecule has 0 saturated heterocycles. The summed E-state index contributed by atoms with van der Waals surface area (Å²) in [6, 6.07) is 7.37. The van der Waals surface area contributed by atoms with Crippen molar-refractivity contribution in [2.75, 3.05) is 0 Å². The van der Waals surface area contributed by atoms with E-state index in [0.29, 0.717) is 11.0 Å². The Hall–Kier alpha value is -2.17. The van der Waals surface area contributed by atoms with Gasteiger partial charge in [-0.2, -0.15) is 4.52 Å². The van der Waals surface area contributed by atoms with Crippen molar-refractivity contribution in [1.82, 2.24) is 19.4 Å². The summed E-state index contributed by atoms with van der Waals surface area (Å²) in [5, 5.41) is 8.41. The van der Waals surface area contributed by atoms with E-state index in [2.05, 4.69) is 10.3 Å². The van der Waals surface area contributed by atoms with Gasteiger partial charge in [0.05, 0.1) is 17.1 Å². The van der Waals surface area contributed by atoms with E-state index in [1.165, 1.54) is 0 Å². The van der Waals surface area contributed by atoms with Gasteiger partial charge < -0.3 is 0 Å². The molecular weight excluding hydrogens is 192 g/mol. The molecule has 0 aliphatic heterocycles. The monoisotopic (exact) mass is 200 g/mol. The number of rotatable bonds is 0. The Balaban J connectivity index is 2.77. The second-order valence-corrected chi connectivity index (χ2v) is 3.39. The summed E-state index contributed by atoms with van der Waals surface area (Å²) >= 11 is 0. The molecule has 5 nitrogen and oxygen atoms in total. The van der Waals surface area contributed by atoms with Crippen LogP contribution in [0, 0.1) is 0 Å². The van der Waals surface area contributed by atoms with Crippen molar-refractivity contribution in [3.05, 3.63) is 40.8 Å². The Bertz CT molecular complexity index is 710. The second kappa shape index (κ2) is 2.66. The van der Waals surface area contributed by atoms with Gasteiger partial charge >= 0.3 is 0 Å². The third-order valence-electron chi connectivity index (χ3n) is 2.54. The molecule has 5 heteroatoms. The minimum atomic E-state index is -0.0274. The van der Waals surface area contributed by atoms with Crippen LogP contribution in [-0.4, -0.2) is 19.4 Å². The highest BCUT2D eigenvalue weighted by Crippen LogP contribution is 2.10. The highest BCUT2D eigenvalue weighted by atomic mass is 16.1. The smallest absolute Gasteiger partial charge is 0.261 e. The molecule has 0 N–H and O–H groups in total. The fourth-order valence-electron chi connectivity index (χ4n) is 1.75. The third kappa shape index (κ3) is 0.942. The van der Waals surface area contributed by atoms with Crippen LogP contribution in [0.2, 0.25) is 0 Å². The zero-order chi connectivity index (χ0) is 10.4. The first-order chi connectivity index (χ1) is 7.29. The van der Waals surface area contributed by atoms with E-state index in [9.17, 15) is 4.79 Å². The summed E-state index contributed by atoms with van der Waals surface area (Å²) < 4.78 is 3.21. The quantitative estimate of drug-likeness (QED) is 0.533. The highest BCUT2D eigenvalue weighted by Gasteiger charge is 2.07. The summed E-state index contributed by atoms with van der Waals surface area (Å²) in [5.41, 5.74) is 1.45. The Morgan fingerprint density at radius 3 is 2.93 bits per heavy atom. The molecule has 0 atom stereocenters. The molecule has 3 aromatic rings. The molecule has 2 aromatic heterocycles. The van der Waals surface area contributed by atoms with Gasteiger partial charge in [-0.1, -0.05) is 17.3 Å². The van der Waals surface area contributed by atoms with Crippen molar-refractivity contribution in [1.29, 1.82) is 0 Å². The molecule has 0 fully saturated rings. The van der Waals surface area contributed by atoms with Crippen LogP contribution in [0.4, 0.5) is 0 Å². The average Bonchev–Trinajstić information content (AvgIpc) is 2.75. The topological polar surface area (TPSA) is 52.2 Å². The van der Waals surface area contributed by atoms with E-state index in [4.69, 9.17) is 0 Å². The van der Waals surface area contributed by atoms with Crippen LogP contribution in [0.25, 0.3) is 16.6 Å². The Labute approximate surface area is 84.6 Å². The minimum absolute atomic E-state index is 0.0274. The predicted octanol–water partition coefficient (Wildman–Crippen LogP) is 0.581. The molecule has 0 amide bonds. The van der Waals surface area contributed by atoms with E-state index < -0.39 is 0 Å². The van der Waals surface area contributed by atoms with Crippen molar-refractivity contribution in [2.24, 2.45) is 7.05 Å². The maximum atomic E-state index is 11.9. The van der Waals surface area contributed by atoms with Gasteiger partial charge in [-0.25, -0.2) is 0 Å². The number of hydrogen-bond donors (Lipinski definition) is 0. The van der Waals surface area contributed by atoms with E-state index in [1.54, 1.807) is 28.4 Å². The first kappa shape index (κ1) is 8.16. The first-order valence-electron chi connectivity index (χ1n) is 4.57. The molecule has 15 heavy (non-hydrogen) atoms. The Morgan fingerprint density at radius 2 is 2.07 bits per heavy atom. The van der Waals surface area contributed by atoms with Gasteiger partial charge in [0, 0.05) is 7.05 Å². The lowest BCUT2D eigenvalue weighted by Crippen LogP contribution is -2.19. The maximum Gasteiger partial charge on any atom is 0.261 e. The SMILES string of the molecule is Cn1c(=O)c2ccccc2n2nncc12. The molecule has 0 unspecified atom stereocenters. The van der Waals surface area contributed by atoms with Gasteiger partial charge in [-0.3, -0.25) is 9.36 Å². The molecule has 74 valence electrons. The molecule has 0 spiro atoms. The predicted molar refractivity (Wildman–Crippen MR) is 55.7 cm³/mol. The van der Waals surface area contributed by atoms with Crippen LogP contribution < -0.4 is 5.56 Å². The third-order valence-corrected chi connectivity index (χ3v) is 2.54. The molecule has 1 aromatic carbocycles. The number of fused-ring (bicyclic) bond motifs is 3. The van der Waals surface area contributed by atoms with Gasteiger partial charge in [-0.05, 0) is 12.1 Å². The fourth-order valence-corrected chi connectivity index (χ4v) is 1.75. The highest BCUT2D eigenvalue weighted by molar-refractivity contribution is 5.79. The van der Waals surface area contributed by atoms with E-state index in [1.807, 2.05) is 18.2 Å². The summed E-state index contributed by atoms with van der Waals surface area (Å²) in [6.07, 6.45) is 1.58. The largest absolute Gasteiger partial charge is 0.294 e. The van der Waals surface area contributed by atoms with Crippen LogP contribution in [0.3, 0.4) is 0 Å². The Morgan fingerprint density at radius 1 is 1.27 bits per heavy atom. The lowest BCUT2D eigenvalue weighted by molar-refractivity contribution is 0.823. The number of benzene rings is 1. The first-order valence-corrected chi connectivity index (χ1v) is 4.57. The maximum absolute atomic E-state index is 11.9. The fraction of sp³-hybridized carbons (Fsp3) is 0.100. The van der Waals surface area contributed by atoms with Crippen LogP contribution in [-0.2, 0) is 7.05 Å². The van der Waals surface area contributed by atoms with E-state index >= 15 is 0 Å². The summed E-state index contributed by atoms with van der Waals surface area (Å²) in [4.78, 5) is 11.9. The minimum Gasteiger partial charge on any atom is -0.294 e. The normalized spacial score (nSPS) is 11.3. The molecule has 0 radical (unpaired) electrons. The number of para-hydroxylation sites is 1. The molecule has 2 heterocycles. The molecule has 0 aliphatic rings. The van der Waals surface area contributed by atoms with Crippen molar-refractivity contribution < 1.29 is 0 Å². The summed E-state index contributed by atoms with van der Waals surface area (Å²) in [7, 11) is 1.72. The van der Waals surface area contributed by atoms with Gasteiger partial charge in [0.1, 0.15) is 0 Å². The molecule has 0 bridgehead atoms. The van der Waals surface area contributed by atoms with Crippen LogP contribution in [0.5, 0.6) is 0 Å². The number of aromatic nitrogens is 4. The zero-order valence-electron chi connectivity index (χ0n) is 8.08. The van der Waals surface area contributed by atoms with E-state index in [0.717, 1.165) is 5.52 Å². The molecular formula is C10H8N4O. The van der Waals surface area contributed by atoms with Crippen LogP contribution in [0.15, 0.2) is 35.3 Å². The average molecular weight is 200 g/mol. The molecule has 0 saturated carbocycles. The Kier molecular flexibility index (Phi) is 1.45. The van der Waals surface area contributed by atoms with Crippen molar-refractivity contribution in [2.45, 2.75) is 0 Å². The lowest BCUT2D eigenvalue weighted by atomic mass is 10.2. The van der Waals surface area contributed by atoms with Gasteiger partial charge in [0.2, 0.25) is 0 Å². The molecule has 3 rings (SSSR count). The standard InChI is InChI=1S/C10H8N4O/c1-13-9-6-11-12-14(9)8-5-3-2-4-7(8)10(13)15/h2-6H,1H3. The van der Waals surface area contributed by atoms with Crippen LogP contribution in [0.1, 0.15) is 0 Å². The van der Waals surface area contributed by atoms with Crippen molar-refractivity contribution >= 4 is 16.6 Å². The van der Waals surface area contributed by atoms with Gasteiger partial charge in [0.25, 0.3) is 5.56 Å². The lowest BCUT2D eigenvalue weighted by Gasteiger charge is -2.04. The number of hydrogen-bond acceptors (Lipinski definition) is 3. The van der Waals surface area contributed by atoms with E-state index in [-0.39, 0.29) is 5.56 Å². The molecule has 0 aliphatic carbocycles. The summed E-state index contributed by atoms with van der Waals surface area (Å²) in [6.45, 7) is 0. The van der Waals surface area contributed by atoms with Gasteiger partial charge in [-0.15, -0.1) is 5.10 Å². The van der Waals surface area contributed by atoms with Crippen molar-refractivity contribution in [3.8, 4) is 0 Å². The van der Waals surface area contributed by atoms with Crippen LogP contribution >= 0.6 is 0 Å². The van der Waals surface area contributed by atoms with Crippen molar-refractivity contribution in [3.63, 3.8) is 0 Å². The zero-order valence-corrected chi connectivity index (χ0v) is 8.08.